The minimum absolute atomic E-state index is 0.0918. The molecule has 2 fully saturated rings. The first kappa shape index (κ1) is 18.7. The van der Waals surface area contributed by atoms with Crippen LogP contribution in [0.3, 0.4) is 0 Å². The summed E-state index contributed by atoms with van der Waals surface area (Å²) in [5, 5.41) is 0. The number of nitrogens with two attached hydrogens (primary N) is 1. The van der Waals surface area contributed by atoms with Gasteiger partial charge in [-0.25, -0.2) is 8.42 Å². The monoisotopic (exact) mass is 407 g/mol. The third kappa shape index (κ3) is 3.10. The van der Waals surface area contributed by atoms with Gasteiger partial charge in [0.2, 0.25) is 16.8 Å². The van der Waals surface area contributed by atoms with Gasteiger partial charge in [-0.3, -0.25) is 4.90 Å². The quantitative estimate of drug-likeness (QED) is 0.814. The van der Waals surface area contributed by atoms with Crippen molar-refractivity contribution in [3.63, 3.8) is 0 Å². The molecule has 0 spiro atoms. The minimum atomic E-state index is -3.25. The maximum atomic E-state index is 13.0. The van der Waals surface area contributed by atoms with Crippen molar-refractivity contribution in [1.29, 1.82) is 0 Å². The fraction of sp³-hybridized carbons (Fsp3) is 0.700. The molecule has 5 rings (SSSR count). The van der Waals surface area contributed by atoms with Crippen molar-refractivity contribution in [2.24, 2.45) is 11.7 Å². The zero-order valence-electron chi connectivity index (χ0n) is 16.2. The summed E-state index contributed by atoms with van der Waals surface area (Å²) in [7, 11) is -3.25. The molecular weight excluding hydrogens is 378 g/mol. The molecule has 0 bridgehead atoms. The van der Waals surface area contributed by atoms with Crippen LogP contribution in [-0.2, 0) is 16.4 Å². The van der Waals surface area contributed by atoms with Crippen molar-refractivity contribution in [1.82, 2.24) is 9.21 Å². The molecule has 0 unspecified atom stereocenters. The molecule has 0 aromatic heterocycles. The van der Waals surface area contributed by atoms with Crippen LogP contribution in [0.25, 0.3) is 0 Å². The lowest BCUT2D eigenvalue weighted by molar-refractivity contribution is 0.0219. The van der Waals surface area contributed by atoms with Crippen LogP contribution in [0.4, 0.5) is 0 Å². The molecular formula is C20H29N3O4S. The van der Waals surface area contributed by atoms with Crippen LogP contribution < -0.4 is 15.2 Å². The van der Waals surface area contributed by atoms with Gasteiger partial charge in [0.05, 0.1) is 5.75 Å². The summed E-state index contributed by atoms with van der Waals surface area (Å²) in [5.41, 5.74) is 8.18. The Labute approximate surface area is 166 Å². The van der Waals surface area contributed by atoms with E-state index in [2.05, 4.69) is 17.0 Å². The predicted octanol–water partition coefficient (Wildman–Crippen LogP) is 1.48. The lowest BCUT2D eigenvalue weighted by Crippen LogP contribution is -2.57. The molecule has 0 amide bonds. The van der Waals surface area contributed by atoms with Gasteiger partial charge in [0, 0.05) is 31.7 Å². The van der Waals surface area contributed by atoms with Crippen molar-refractivity contribution >= 4 is 10.0 Å². The highest BCUT2D eigenvalue weighted by Crippen LogP contribution is 2.46. The number of nitrogens with zero attached hydrogens (tertiary/aromatic N) is 2. The van der Waals surface area contributed by atoms with Crippen molar-refractivity contribution in [2.75, 3.05) is 38.7 Å². The van der Waals surface area contributed by atoms with Crippen LogP contribution in [-0.4, -0.2) is 62.4 Å². The molecule has 28 heavy (non-hydrogen) atoms. The summed E-state index contributed by atoms with van der Waals surface area (Å²) in [6.07, 6.45) is 4.47. The van der Waals surface area contributed by atoms with E-state index in [1.807, 2.05) is 4.31 Å². The second-order valence-corrected chi connectivity index (χ2v) is 10.5. The highest BCUT2D eigenvalue weighted by Gasteiger charge is 2.46. The Hall–Kier alpha value is -1.35. The lowest BCUT2D eigenvalue weighted by Gasteiger charge is -2.51. The van der Waals surface area contributed by atoms with Gasteiger partial charge in [-0.2, -0.15) is 4.31 Å². The second-order valence-electron chi connectivity index (χ2n) is 8.44. The summed E-state index contributed by atoms with van der Waals surface area (Å²) < 4.78 is 38.9. The zero-order valence-corrected chi connectivity index (χ0v) is 17.0. The maximum Gasteiger partial charge on any atom is 0.231 e. The molecule has 0 aliphatic carbocycles. The van der Waals surface area contributed by atoms with Gasteiger partial charge in [-0.15, -0.1) is 0 Å². The third-order valence-corrected chi connectivity index (χ3v) is 8.84. The fourth-order valence-corrected chi connectivity index (χ4v) is 7.37. The van der Waals surface area contributed by atoms with E-state index in [0.717, 1.165) is 50.3 Å². The Morgan fingerprint density at radius 3 is 2.82 bits per heavy atom. The first-order valence-electron chi connectivity index (χ1n) is 10.4. The predicted molar refractivity (Wildman–Crippen MR) is 106 cm³/mol. The lowest BCUT2D eigenvalue weighted by atomic mass is 9.77. The molecule has 1 aromatic rings. The van der Waals surface area contributed by atoms with Crippen LogP contribution in [0.5, 0.6) is 11.5 Å². The van der Waals surface area contributed by atoms with E-state index in [-0.39, 0.29) is 24.6 Å². The van der Waals surface area contributed by atoms with E-state index in [1.165, 1.54) is 11.1 Å². The number of rotatable bonds is 4. The topological polar surface area (TPSA) is 85.1 Å². The van der Waals surface area contributed by atoms with Crippen molar-refractivity contribution in [2.45, 2.75) is 44.2 Å². The number of benzene rings is 1. The first-order valence-corrected chi connectivity index (χ1v) is 12.0. The smallest absolute Gasteiger partial charge is 0.231 e. The maximum absolute atomic E-state index is 13.0. The van der Waals surface area contributed by atoms with Crippen LogP contribution >= 0.6 is 0 Å². The summed E-state index contributed by atoms with van der Waals surface area (Å²) in [6.45, 7) is 3.35. The number of fused-ring (bicyclic) bond motifs is 5. The van der Waals surface area contributed by atoms with E-state index in [1.54, 1.807) is 0 Å². The average molecular weight is 408 g/mol. The number of ether oxygens (including phenoxy) is 2. The third-order valence-electron chi connectivity index (χ3n) is 6.87. The van der Waals surface area contributed by atoms with E-state index in [9.17, 15) is 8.42 Å². The largest absolute Gasteiger partial charge is 0.454 e. The summed E-state index contributed by atoms with van der Waals surface area (Å²) in [4.78, 5) is 2.56. The molecule has 7 nitrogen and oxygen atoms in total. The van der Waals surface area contributed by atoms with Crippen LogP contribution in [0.15, 0.2) is 12.1 Å². The van der Waals surface area contributed by atoms with Gasteiger partial charge in [0.1, 0.15) is 0 Å². The zero-order chi connectivity index (χ0) is 19.3. The highest BCUT2D eigenvalue weighted by molar-refractivity contribution is 7.89. The number of piperidine rings is 2. The Morgan fingerprint density at radius 2 is 2.00 bits per heavy atom. The summed E-state index contributed by atoms with van der Waals surface area (Å²) >= 11 is 0. The van der Waals surface area contributed by atoms with Gasteiger partial charge >= 0.3 is 0 Å². The Kier molecular flexibility index (Phi) is 4.77. The standard InChI is InChI=1S/C20H29N3O4S/c21-5-2-8-28(24,25)23-6-1-3-15-12-22-7-4-14-9-19-20(27-13-26-19)10-16(14)18(22)11-17(15)23/h9-10,15,17-18H,1-8,11-13,21H2/t15-,17+,18-/m0/s1. The highest BCUT2D eigenvalue weighted by atomic mass is 32.2. The van der Waals surface area contributed by atoms with Crippen LogP contribution in [0, 0.1) is 5.92 Å². The summed E-state index contributed by atoms with van der Waals surface area (Å²) in [5.74, 6) is 2.24. The van der Waals surface area contributed by atoms with E-state index in [4.69, 9.17) is 15.2 Å². The molecule has 0 saturated carbocycles. The Bertz CT molecular complexity index is 859. The van der Waals surface area contributed by atoms with E-state index in [0.29, 0.717) is 25.4 Å². The molecule has 4 aliphatic rings. The molecule has 2 N–H and O–H groups in total. The average Bonchev–Trinajstić information content (AvgIpc) is 3.16. The normalized spacial score (nSPS) is 29.8. The molecule has 8 heteroatoms. The van der Waals surface area contributed by atoms with Gasteiger partial charge < -0.3 is 15.2 Å². The number of sulfonamides is 1. The second kappa shape index (κ2) is 7.16. The van der Waals surface area contributed by atoms with E-state index >= 15 is 0 Å². The first-order chi connectivity index (χ1) is 13.6. The molecule has 154 valence electrons. The molecule has 4 heterocycles. The van der Waals surface area contributed by atoms with Gasteiger partial charge in [0.15, 0.2) is 11.5 Å². The molecule has 2 saturated heterocycles. The molecule has 0 radical (unpaired) electrons. The molecule has 4 aliphatic heterocycles. The Balaban J connectivity index is 1.45. The number of hydrogen-bond acceptors (Lipinski definition) is 6. The van der Waals surface area contributed by atoms with Gasteiger partial charge in [0.25, 0.3) is 0 Å². The van der Waals surface area contributed by atoms with Gasteiger partial charge in [-0.05, 0) is 67.8 Å². The van der Waals surface area contributed by atoms with E-state index < -0.39 is 10.0 Å². The molecule has 1 aromatic carbocycles. The van der Waals surface area contributed by atoms with Gasteiger partial charge in [-0.1, -0.05) is 0 Å². The molecule has 3 atom stereocenters. The van der Waals surface area contributed by atoms with Crippen LogP contribution in [0.2, 0.25) is 0 Å². The Morgan fingerprint density at radius 1 is 1.18 bits per heavy atom. The van der Waals surface area contributed by atoms with Crippen molar-refractivity contribution in [3.8, 4) is 11.5 Å². The number of hydrogen-bond donors (Lipinski definition) is 1. The minimum Gasteiger partial charge on any atom is -0.454 e. The fourth-order valence-electron chi connectivity index (χ4n) is 5.52. The van der Waals surface area contributed by atoms with Crippen molar-refractivity contribution < 1.29 is 17.9 Å². The van der Waals surface area contributed by atoms with Crippen LogP contribution in [0.1, 0.15) is 42.9 Å². The van der Waals surface area contributed by atoms with Crippen molar-refractivity contribution in [3.05, 3.63) is 23.3 Å². The SMILES string of the molecule is NCCCS(=O)(=O)N1CCC[C@H]2CN3CCc4cc5c(cc4[C@@H]3C[C@H]21)OCO5. The summed E-state index contributed by atoms with van der Waals surface area (Å²) in [6, 6.07) is 4.60.